The van der Waals surface area contributed by atoms with Crippen LogP contribution in [0.15, 0.2) is 65.5 Å². The van der Waals surface area contributed by atoms with Gasteiger partial charge >= 0.3 is 0 Å². The zero-order valence-electron chi connectivity index (χ0n) is 15.3. The van der Waals surface area contributed by atoms with E-state index in [1.807, 2.05) is 42.5 Å². The Morgan fingerprint density at radius 3 is 2.68 bits per heavy atom. The molecule has 0 fully saturated rings. The molecule has 2 aromatic heterocycles. The Labute approximate surface area is 160 Å². The standard InChI is InChI=1S/C21H18N4O3/c1-14(26)17-9-5-6-15(10-17)12-28-13-18-11-19(27)25-21(22-18)23-20(24-25)16-7-3-2-4-8-16/h2-11H,12-13H2,1H3,(H,22,23,24). The van der Waals surface area contributed by atoms with Crippen molar-refractivity contribution in [3.8, 4) is 11.4 Å². The molecule has 2 aromatic carbocycles. The first-order valence-corrected chi connectivity index (χ1v) is 8.82. The lowest BCUT2D eigenvalue weighted by Crippen LogP contribution is -2.16. The summed E-state index contributed by atoms with van der Waals surface area (Å²) < 4.78 is 6.94. The molecule has 2 heterocycles. The predicted octanol–water partition coefficient (Wildman–Crippen LogP) is 3.00. The maximum atomic E-state index is 12.3. The molecule has 4 aromatic rings. The summed E-state index contributed by atoms with van der Waals surface area (Å²) in [6.07, 6.45) is 0. The van der Waals surface area contributed by atoms with Crippen LogP contribution in [0.1, 0.15) is 28.5 Å². The van der Waals surface area contributed by atoms with Crippen molar-refractivity contribution in [2.24, 2.45) is 0 Å². The number of aromatic nitrogens is 4. The molecule has 0 atom stereocenters. The third-order valence-electron chi connectivity index (χ3n) is 4.28. The van der Waals surface area contributed by atoms with Crippen LogP contribution in [-0.2, 0) is 18.0 Å². The maximum Gasteiger partial charge on any atom is 0.275 e. The smallest absolute Gasteiger partial charge is 0.275 e. The zero-order valence-corrected chi connectivity index (χ0v) is 15.3. The van der Waals surface area contributed by atoms with Gasteiger partial charge in [-0.05, 0) is 18.6 Å². The van der Waals surface area contributed by atoms with E-state index in [0.717, 1.165) is 11.1 Å². The highest BCUT2D eigenvalue weighted by Gasteiger charge is 2.10. The number of ketones is 1. The number of hydrogen-bond acceptors (Lipinski definition) is 5. The van der Waals surface area contributed by atoms with Gasteiger partial charge < -0.3 is 9.72 Å². The van der Waals surface area contributed by atoms with E-state index in [4.69, 9.17) is 4.74 Å². The Balaban J connectivity index is 1.51. The summed E-state index contributed by atoms with van der Waals surface area (Å²) in [7, 11) is 0. The first kappa shape index (κ1) is 17.8. The van der Waals surface area contributed by atoms with Crippen LogP contribution < -0.4 is 5.56 Å². The van der Waals surface area contributed by atoms with E-state index in [0.29, 0.717) is 29.5 Å². The normalized spacial score (nSPS) is 11.0. The number of nitrogens with one attached hydrogen (secondary N) is 1. The van der Waals surface area contributed by atoms with Gasteiger partial charge in [0.2, 0.25) is 5.78 Å². The summed E-state index contributed by atoms with van der Waals surface area (Å²) in [6.45, 7) is 2.07. The van der Waals surface area contributed by atoms with E-state index in [9.17, 15) is 9.59 Å². The molecule has 7 nitrogen and oxygen atoms in total. The monoisotopic (exact) mass is 374 g/mol. The molecule has 0 bridgehead atoms. The van der Waals surface area contributed by atoms with Gasteiger partial charge in [-0.3, -0.25) is 9.59 Å². The highest BCUT2D eigenvalue weighted by Crippen LogP contribution is 2.14. The molecular weight excluding hydrogens is 356 g/mol. The summed E-state index contributed by atoms with van der Waals surface area (Å²) in [5.74, 6) is 0.856. The molecule has 140 valence electrons. The Morgan fingerprint density at radius 1 is 1.07 bits per heavy atom. The number of nitrogens with zero attached hydrogens (tertiary/aromatic N) is 3. The van der Waals surface area contributed by atoms with E-state index in [1.54, 1.807) is 12.1 Å². The first-order chi connectivity index (χ1) is 13.6. The zero-order chi connectivity index (χ0) is 19.5. The van der Waals surface area contributed by atoms with Crippen molar-refractivity contribution >= 4 is 11.6 Å². The van der Waals surface area contributed by atoms with Gasteiger partial charge in [-0.25, -0.2) is 0 Å². The van der Waals surface area contributed by atoms with E-state index in [1.165, 1.54) is 17.5 Å². The van der Waals surface area contributed by atoms with Gasteiger partial charge in [0.05, 0.1) is 13.2 Å². The third kappa shape index (κ3) is 3.74. The van der Waals surface area contributed by atoms with E-state index in [2.05, 4.69) is 15.1 Å². The number of H-pyrrole nitrogens is 1. The van der Waals surface area contributed by atoms with Gasteiger partial charge in [0.25, 0.3) is 5.56 Å². The lowest BCUT2D eigenvalue weighted by atomic mass is 10.1. The van der Waals surface area contributed by atoms with Crippen molar-refractivity contribution in [2.75, 3.05) is 0 Å². The Hall–Kier alpha value is -3.58. The summed E-state index contributed by atoms with van der Waals surface area (Å²) >= 11 is 0. The highest BCUT2D eigenvalue weighted by molar-refractivity contribution is 5.94. The average Bonchev–Trinajstić information content (AvgIpc) is 3.14. The Kier molecular flexibility index (Phi) is 4.82. The Bertz CT molecular complexity index is 1200. The number of fused-ring (bicyclic) bond motifs is 1. The fourth-order valence-corrected chi connectivity index (χ4v) is 2.88. The first-order valence-electron chi connectivity index (χ1n) is 8.82. The van der Waals surface area contributed by atoms with Crippen LogP contribution in [0.3, 0.4) is 0 Å². The number of Topliss-reactive ketones (excluding diaryl/α,β-unsaturated/α-hetero) is 1. The van der Waals surface area contributed by atoms with Gasteiger partial charge in [-0.2, -0.15) is 9.50 Å². The van der Waals surface area contributed by atoms with Crippen molar-refractivity contribution in [3.63, 3.8) is 0 Å². The second-order valence-electron chi connectivity index (χ2n) is 6.42. The van der Waals surface area contributed by atoms with Crippen LogP contribution in [0.4, 0.5) is 0 Å². The van der Waals surface area contributed by atoms with Gasteiger partial charge in [0, 0.05) is 22.9 Å². The molecular formula is C21H18N4O3. The third-order valence-corrected chi connectivity index (χ3v) is 4.28. The van der Waals surface area contributed by atoms with E-state index < -0.39 is 0 Å². The predicted molar refractivity (Wildman–Crippen MR) is 104 cm³/mol. The summed E-state index contributed by atoms with van der Waals surface area (Å²) in [4.78, 5) is 31.3. The average molecular weight is 374 g/mol. The lowest BCUT2D eigenvalue weighted by Gasteiger charge is -2.06. The Morgan fingerprint density at radius 2 is 1.89 bits per heavy atom. The molecule has 0 amide bonds. The number of carbonyl (C=O) groups is 1. The molecule has 0 aliphatic rings. The molecule has 4 rings (SSSR count). The van der Waals surface area contributed by atoms with Gasteiger partial charge in [-0.15, -0.1) is 5.10 Å². The van der Waals surface area contributed by atoms with Crippen LogP contribution in [-0.4, -0.2) is 25.4 Å². The summed E-state index contributed by atoms with van der Waals surface area (Å²) in [5.41, 5.74) is 2.70. The minimum atomic E-state index is -0.277. The largest absolute Gasteiger partial charge is 0.371 e. The summed E-state index contributed by atoms with van der Waals surface area (Å²) in [5, 5.41) is 4.27. The molecule has 0 aliphatic heterocycles. The second kappa shape index (κ2) is 7.58. The highest BCUT2D eigenvalue weighted by atomic mass is 16.5. The van der Waals surface area contributed by atoms with Gasteiger partial charge in [0.1, 0.15) is 0 Å². The van der Waals surface area contributed by atoms with E-state index in [-0.39, 0.29) is 17.9 Å². The van der Waals surface area contributed by atoms with Gasteiger partial charge in [0.15, 0.2) is 11.6 Å². The molecule has 1 N–H and O–H groups in total. The van der Waals surface area contributed by atoms with Crippen LogP contribution in [0.5, 0.6) is 0 Å². The number of ether oxygens (including phenoxy) is 1. The number of rotatable bonds is 6. The van der Waals surface area contributed by atoms with Crippen LogP contribution >= 0.6 is 0 Å². The van der Waals surface area contributed by atoms with Crippen LogP contribution in [0.2, 0.25) is 0 Å². The molecule has 0 saturated heterocycles. The number of hydrogen-bond donors (Lipinski definition) is 1. The van der Waals surface area contributed by atoms with Crippen molar-refractivity contribution in [3.05, 3.63) is 87.8 Å². The van der Waals surface area contributed by atoms with Crippen molar-refractivity contribution < 1.29 is 9.53 Å². The quantitative estimate of drug-likeness (QED) is 0.524. The van der Waals surface area contributed by atoms with Crippen molar-refractivity contribution in [1.82, 2.24) is 19.6 Å². The fourth-order valence-electron chi connectivity index (χ4n) is 2.88. The molecule has 0 unspecified atom stereocenters. The second-order valence-corrected chi connectivity index (χ2v) is 6.42. The van der Waals surface area contributed by atoms with E-state index >= 15 is 0 Å². The fraction of sp³-hybridized carbons (Fsp3) is 0.143. The topological polar surface area (TPSA) is 89.3 Å². The minimum absolute atomic E-state index is 0.0117. The van der Waals surface area contributed by atoms with Crippen LogP contribution in [0.25, 0.3) is 17.2 Å². The SMILES string of the molecule is CC(=O)c1cccc(COCc2cc(=O)n3nc(-c4ccccc4)nc3[nH]2)c1. The molecule has 0 radical (unpaired) electrons. The molecule has 28 heavy (non-hydrogen) atoms. The number of benzene rings is 2. The van der Waals surface area contributed by atoms with Crippen LogP contribution in [0, 0.1) is 0 Å². The lowest BCUT2D eigenvalue weighted by molar-refractivity contribution is 0.101. The maximum absolute atomic E-state index is 12.3. The molecule has 7 heteroatoms. The molecule has 0 spiro atoms. The van der Waals surface area contributed by atoms with Crippen molar-refractivity contribution in [1.29, 1.82) is 0 Å². The molecule has 0 aliphatic carbocycles. The van der Waals surface area contributed by atoms with Crippen molar-refractivity contribution in [2.45, 2.75) is 20.1 Å². The number of carbonyl (C=O) groups excluding carboxylic acids is 1. The minimum Gasteiger partial charge on any atom is -0.371 e. The molecule has 0 saturated carbocycles. The summed E-state index contributed by atoms with van der Waals surface area (Å²) in [6, 6.07) is 18.2. The number of aromatic amines is 1. The van der Waals surface area contributed by atoms with Gasteiger partial charge in [-0.1, -0.05) is 48.5 Å².